The van der Waals surface area contributed by atoms with Crippen LogP contribution in [0.5, 0.6) is 0 Å². The van der Waals surface area contributed by atoms with Gasteiger partial charge in [0.05, 0.1) is 13.0 Å². The Kier molecular flexibility index (Phi) is 4.87. The number of carbonyl (C=O) groups excluding carboxylic acids is 2. The zero-order valence-corrected chi connectivity index (χ0v) is 14.0. The number of anilines is 1. The van der Waals surface area contributed by atoms with Crippen LogP contribution in [0.3, 0.4) is 0 Å². The molecule has 0 spiro atoms. The first-order valence-electron chi connectivity index (χ1n) is 8.13. The van der Waals surface area contributed by atoms with E-state index in [0.717, 1.165) is 24.9 Å². The van der Waals surface area contributed by atoms with Crippen molar-refractivity contribution >= 4 is 29.2 Å². The van der Waals surface area contributed by atoms with Gasteiger partial charge in [0.25, 0.3) is 0 Å². The predicted molar refractivity (Wildman–Crippen MR) is 87.7 cm³/mol. The Morgan fingerprint density at radius 2 is 2.26 bits per heavy atom. The largest absolute Gasteiger partial charge is 0.455 e. The SMILES string of the molecule is Cc1c(Cl)cccc1NC(=O)C[C@@H]1C(=O)OC[C@H]2CCCC[NH+]21. The Bertz CT molecular complexity index is 620. The van der Waals surface area contributed by atoms with Crippen LogP contribution in [0.2, 0.25) is 5.02 Å². The molecule has 2 saturated heterocycles. The highest BCUT2D eigenvalue weighted by molar-refractivity contribution is 6.31. The fraction of sp³-hybridized carbons (Fsp3) is 0.529. The molecule has 2 aliphatic rings. The second-order valence-corrected chi connectivity index (χ2v) is 6.77. The summed E-state index contributed by atoms with van der Waals surface area (Å²) < 4.78 is 5.29. The number of quaternary nitrogens is 1. The molecule has 2 aliphatic heterocycles. The van der Waals surface area contributed by atoms with E-state index in [-0.39, 0.29) is 18.3 Å². The van der Waals surface area contributed by atoms with Crippen LogP contribution in [-0.4, -0.2) is 37.1 Å². The van der Waals surface area contributed by atoms with Crippen LogP contribution < -0.4 is 10.2 Å². The van der Waals surface area contributed by atoms with E-state index in [0.29, 0.717) is 23.4 Å². The molecule has 0 aromatic heterocycles. The van der Waals surface area contributed by atoms with Gasteiger partial charge in [0.15, 0.2) is 6.04 Å². The topological polar surface area (TPSA) is 59.8 Å². The number of carbonyl (C=O) groups is 2. The van der Waals surface area contributed by atoms with Gasteiger partial charge in [-0.25, -0.2) is 4.79 Å². The molecule has 3 rings (SSSR count). The van der Waals surface area contributed by atoms with Crippen LogP contribution in [0, 0.1) is 6.92 Å². The molecule has 0 saturated carbocycles. The normalized spacial score (nSPS) is 27.0. The standard InChI is InChI=1S/C17H21ClN2O3/c1-11-13(18)6-4-7-14(11)19-16(21)9-15-17(22)23-10-12-5-2-3-8-20(12)15/h4,6-7,12,15H,2-3,5,8-10H2,1H3,(H,19,21)/p+1/t12-,15-/m1/s1. The molecule has 1 aromatic carbocycles. The first-order chi connectivity index (χ1) is 11.1. The van der Waals surface area contributed by atoms with E-state index in [9.17, 15) is 9.59 Å². The molecule has 3 atom stereocenters. The van der Waals surface area contributed by atoms with Crippen molar-refractivity contribution in [2.45, 2.75) is 44.7 Å². The van der Waals surface area contributed by atoms with Crippen LogP contribution in [0.25, 0.3) is 0 Å². The molecule has 1 unspecified atom stereocenters. The number of amides is 1. The quantitative estimate of drug-likeness (QED) is 0.818. The summed E-state index contributed by atoms with van der Waals surface area (Å²) in [4.78, 5) is 25.7. The summed E-state index contributed by atoms with van der Waals surface area (Å²) in [6.07, 6.45) is 3.49. The summed E-state index contributed by atoms with van der Waals surface area (Å²) in [5.74, 6) is -0.424. The van der Waals surface area contributed by atoms with Crippen LogP contribution in [-0.2, 0) is 14.3 Å². The number of hydrogen-bond donors (Lipinski definition) is 2. The van der Waals surface area contributed by atoms with Crippen LogP contribution in [0.15, 0.2) is 18.2 Å². The van der Waals surface area contributed by atoms with Gasteiger partial charge in [-0.1, -0.05) is 17.7 Å². The first-order valence-corrected chi connectivity index (χ1v) is 8.51. The Labute approximate surface area is 140 Å². The lowest BCUT2D eigenvalue weighted by Gasteiger charge is -2.40. The summed E-state index contributed by atoms with van der Waals surface area (Å²) in [6.45, 7) is 3.28. The van der Waals surface area contributed by atoms with Crippen molar-refractivity contribution in [3.8, 4) is 0 Å². The van der Waals surface area contributed by atoms with Crippen molar-refractivity contribution in [3.05, 3.63) is 28.8 Å². The molecular formula is C17H22ClN2O3+. The molecule has 2 N–H and O–H groups in total. The Morgan fingerprint density at radius 1 is 1.43 bits per heavy atom. The molecule has 2 fully saturated rings. The second kappa shape index (κ2) is 6.89. The van der Waals surface area contributed by atoms with Crippen molar-refractivity contribution in [2.75, 3.05) is 18.5 Å². The van der Waals surface area contributed by atoms with Gasteiger partial charge >= 0.3 is 5.97 Å². The lowest BCUT2D eigenvalue weighted by Crippen LogP contribution is -3.22. The smallest absolute Gasteiger partial charge is 0.365 e. The highest BCUT2D eigenvalue weighted by Crippen LogP contribution is 2.23. The molecular weight excluding hydrogens is 316 g/mol. The van der Waals surface area contributed by atoms with Crippen LogP contribution >= 0.6 is 11.6 Å². The minimum atomic E-state index is -0.395. The monoisotopic (exact) mass is 337 g/mol. The van der Waals surface area contributed by atoms with E-state index in [1.165, 1.54) is 11.3 Å². The van der Waals surface area contributed by atoms with Crippen molar-refractivity contribution in [2.24, 2.45) is 0 Å². The minimum Gasteiger partial charge on any atom is -0.455 e. The zero-order chi connectivity index (χ0) is 16.4. The van der Waals surface area contributed by atoms with E-state index in [1.54, 1.807) is 12.1 Å². The van der Waals surface area contributed by atoms with E-state index in [2.05, 4.69) is 5.32 Å². The molecule has 6 heteroatoms. The minimum absolute atomic E-state index is 0.149. The number of benzene rings is 1. The molecule has 1 amide bonds. The summed E-state index contributed by atoms with van der Waals surface area (Å²) in [5, 5.41) is 3.48. The zero-order valence-electron chi connectivity index (χ0n) is 13.2. The van der Waals surface area contributed by atoms with Gasteiger partial charge in [0.2, 0.25) is 5.91 Å². The third kappa shape index (κ3) is 3.51. The van der Waals surface area contributed by atoms with Gasteiger partial charge in [-0.3, -0.25) is 4.79 Å². The summed E-state index contributed by atoms with van der Waals surface area (Å²) in [7, 11) is 0. The van der Waals surface area contributed by atoms with Gasteiger partial charge < -0.3 is 15.0 Å². The van der Waals surface area contributed by atoms with Gasteiger partial charge in [0, 0.05) is 17.1 Å². The molecule has 124 valence electrons. The molecule has 0 bridgehead atoms. The Hall–Kier alpha value is -1.59. The van der Waals surface area contributed by atoms with Crippen molar-refractivity contribution in [1.29, 1.82) is 0 Å². The number of fused-ring (bicyclic) bond motifs is 1. The molecule has 0 radical (unpaired) electrons. The maximum atomic E-state index is 12.4. The number of halogens is 1. The number of nitrogens with one attached hydrogen (secondary N) is 2. The Balaban J connectivity index is 1.68. The molecule has 5 nitrogen and oxygen atoms in total. The van der Waals surface area contributed by atoms with E-state index in [4.69, 9.17) is 16.3 Å². The highest BCUT2D eigenvalue weighted by atomic mass is 35.5. The number of cyclic esters (lactones) is 1. The van der Waals surface area contributed by atoms with E-state index < -0.39 is 6.04 Å². The molecule has 2 heterocycles. The van der Waals surface area contributed by atoms with Crippen LogP contribution in [0.4, 0.5) is 5.69 Å². The average molecular weight is 338 g/mol. The lowest BCUT2D eigenvalue weighted by atomic mass is 9.97. The number of ether oxygens (including phenoxy) is 1. The Morgan fingerprint density at radius 3 is 3.09 bits per heavy atom. The van der Waals surface area contributed by atoms with Gasteiger partial charge in [-0.05, 0) is 37.5 Å². The number of rotatable bonds is 3. The fourth-order valence-corrected chi connectivity index (χ4v) is 3.71. The highest BCUT2D eigenvalue weighted by Gasteiger charge is 2.43. The van der Waals surface area contributed by atoms with Gasteiger partial charge in [-0.15, -0.1) is 0 Å². The van der Waals surface area contributed by atoms with Gasteiger partial charge in [0.1, 0.15) is 12.6 Å². The molecule has 0 aliphatic carbocycles. The summed E-state index contributed by atoms with van der Waals surface area (Å²) in [6, 6.07) is 5.34. The second-order valence-electron chi connectivity index (χ2n) is 6.36. The lowest BCUT2D eigenvalue weighted by molar-refractivity contribution is -0.951. The van der Waals surface area contributed by atoms with E-state index in [1.807, 2.05) is 13.0 Å². The average Bonchev–Trinajstić information content (AvgIpc) is 2.54. The summed E-state index contributed by atoms with van der Waals surface area (Å²) in [5.41, 5.74) is 1.52. The van der Waals surface area contributed by atoms with Crippen molar-refractivity contribution in [1.82, 2.24) is 0 Å². The fourth-order valence-electron chi connectivity index (χ4n) is 3.54. The molecule has 23 heavy (non-hydrogen) atoms. The number of piperidine rings is 1. The number of esters is 1. The third-order valence-electron chi connectivity index (χ3n) is 4.88. The summed E-state index contributed by atoms with van der Waals surface area (Å²) >= 11 is 6.07. The number of morpholine rings is 1. The van der Waals surface area contributed by atoms with Gasteiger partial charge in [-0.2, -0.15) is 0 Å². The predicted octanol–water partition coefficient (Wildman–Crippen LogP) is 1.34. The van der Waals surface area contributed by atoms with E-state index >= 15 is 0 Å². The molecule has 1 aromatic rings. The third-order valence-corrected chi connectivity index (χ3v) is 5.29. The van der Waals surface area contributed by atoms with Crippen molar-refractivity contribution in [3.63, 3.8) is 0 Å². The maximum Gasteiger partial charge on any atom is 0.365 e. The van der Waals surface area contributed by atoms with Crippen molar-refractivity contribution < 1.29 is 19.2 Å². The maximum absolute atomic E-state index is 12.4. The number of hydrogen-bond acceptors (Lipinski definition) is 3. The first kappa shape index (κ1) is 16.3. The van der Waals surface area contributed by atoms with Crippen LogP contribution in [0.1, 0.15) is 31.2 Å².